The second-order valence-electron chi connectivity index (χ2n) is 0.250. The molecule has 0 aliphatic rings. The molecule has 0 bridgehead atoms. The molecule has 0 nitrogen and oxygen atoms in total. The molecule has 0 spiro atoms. The molecule has 0 aliphatic heterocycles. The molecule has 0 aromatic rings. The van der Waals surface area contributed by atoms with Crippen molar-refractivity contribution in [2.75, 3.05) is 0 Å². The van der Waals surface area contributed by atoms with E-state index in [0.29, 0.717) is 0 Å². The van der Waals surface area contributed by atoms with Crippen LogP contribution in [0.5, 0.6) is 0 Å². The van der Waals surface area contributed by atoms with Crippen molar-refractivity contribution in [3.05, 3.63) is 20.3 Å². The van der Waals surface area contributed by atoms with Gasteiger partial charge in [0, 0.05) is 32.7 Å². The van der Waals surface area contributed by atoms with E-state index in [0.717, 1.165) is 0 Å². The standard InChI is InChI=1S/C3H3.C2H.CH3.2Y/c1-3-2;1-2;;;/h1H3;1H;1H3;;/q3*-1;;+3. The molecule has 0 aliphatic carbocycles. The molecule has 0 aromatic carbocycles. The Labute approximate surface area is 103 Å². The molecule has 0 atom stereocenters. The first-order valence-corrected chi connectivity index (χ1v) is 1.04. The Kier molecular flexibility index (Phi) is 356. The quantitative estimate of drug-likeness (QED) is 0.452. The van der Waals surface area contributed by atoms with Crippen LogP contribution in [0.3, 0.4) is 0 Å². The van der Waals surface area contributed by atoms with Gasteiger partial charge >= 0.3 is 32.7 Å². The maximum absolute atomic E-state index is 5.96. The normalized spacial score (nSPS) is 1.25. The zero-order chi connectivity index (χ0) is 4.71. The molecule has 1 radical (unpaired) electrons. The van der Waals surface area contributed by atoms with Gasteiger partial charge in [-0.15, -0.1) is 0 Å². The van der Waals surface area contributed by atoms with Crippen LogP contribution in [0, 0.1) is 32.6 Å². The minimum atomic E-state index is 0. The van der Waals surface area contributed by atoms with Crippen LogP contribution >= 0.6 is 0 Å². The van der Waals surface area contributed by atoms with Crippen LogP contribution < -0.4 is 0 Å². The summed E-state index contributed by atoms with van der Waals surface area (Å²) in [5.74, 6) is 2.00. The molecule has 2 heteroatoms. The fourth-order valence-corrected chi connectivity index (χ4v) is 0. The van der Waals surface area contributed by atoms with Crippen molar-refractivity contribution in [2.45, 2.75) is 6.92 Å². The van der Waals surface area contributed by atoms with Gasteiger partial charge < -0.3 is 32.6 Å². The van der Waals surface area contributed by atoms with Crippen LogP contribution in [0.15, 0.2) is 0 Å². The smallest absolute Gasteiger partial charge is 0.697 e. The summed E-state index contributed by atoms with van der Waals surface area (Å²) in [5.41, 5.74) is 0. The summed E-state index contributed by atoms with van der Waals surface area (Å²) in [6.45, 7) is 1.54. The summed E-state index contributed by atoms with van der Waals surface area (Å²) in [4.78, 5) is 0. The largest absolute Gasteiger partial charge is 3.00 e. The Balaban J connectivity index is -0.00000000567. The molecule has 0 aromatic heterocycles. The number of hydrogen-bond acceptors (Lipinski definition) is 0. The van der Waals surface area contributed by atoms with Crippen molar-refractivity contribution < 1.29 is 65.4 Å². The fourth-order valence-electron chi connectivity index (χ4n) is 0. The maximum atomic E-state index is 5.96. The Morgan fingerprint density at radius 3 is 1.38 bits per heavy atom. The Morgan fingerprint density at radius 2 is 1.38 bits per heavy atom. The predicted molar refractivity (Wildman–Crippen MR) is 27.4 cm³/mol. The molecule has 0 saturated carbocycles. The minimum absolute atomic E-state index is 0. The number of terminal acetylenes is 1. The van der Waals surface area contributed by atoms with Gasteiger partial charge in [-0.05, 0) is 6.92 Å². The van der Waals surface area contributed by atoms with Gasteiger partial charge in [-0.1, -0.05) is 0 Å². The summed E-state index contributed by atoms with van der Waals surface area (Å²) in [6.07, 6.45) is 15.0. The van der Waals surface area contributed by atoms with Crippen molar-refractivity contribution in [1.82, 2.24) is 0 Å². The minimum Gasteiger partial charge on any atom is -0.697 e. The van der Waals surface area contributed by atoms with E-state index in [9.17, 15) is 0 Å². The van der Waals surface area contributed by atoms with Gasteiger partial charge in [-0.25, -0.2) is 0 Å². The zero-order valence-electron chi connectivity index (χ0n) is 5.23. The Morgan fingerprint density at radius 1 is 1.38 bits per heavy atom. The van der Waals surface area contributed by atoms with Gasteiger partial charge in [0.25, 0.3) is 0 Å². The molecule has 0 rings (SSSR count). The van der Waals surface area contributed by atoms with E-state index in [2.05, 4.69) is 6.42 Å². The molecule has 0 heterocycles. The zero-order valence-corrected chi connectivity index (χ0v) is 10.9. The first-order chi connectivity index (χ1) is 2.41. The summed E-state index contributed by atoms with van der Waals surface area (Å²) in [6, 6.07) is 0. The fraction of sp³-hybridized carbons (Fsp3) is 0.167. The third kappa shape index (κ3) is 166. The van der Waals surface area contributed by atoms with Gasteiger partial charge in [-0.2, -0.15) is 0 Å². The van der Waals surface area contributed by atoms with Crippen molar-refractivity contribution in [3.63, 3.8) is 0 Å². The van der Waals surface area contributed by atoms with Crippen molar-refractivity contribution in [1.29, 1.82) is 0 Å². The average molecular weight is 257 g/mol. The molecule has 8 heavy (non-hydrogen) atoms. The molecule has 0 amide bonds. The van der Waals surface area contributed by atoms with E-state index in [-0.39, 0.29) is 72.8 Å². The number of rotatable bonds is 0. The second-order valence-corrected chi connectivity index (χ2v) is 0.250. The van der Waals surface area contributed by atoms with Crippen molar-refractivity contribution in [3.8, 4) is 12.3 Å². The molecular weight excluding hydrogens is 250 g/mol. The molecule has 0 fully saturated rings. The van der Waals surface area contributed by atoms with Crippen LogP contribution in [0.1, 0.15) is 6.92 Å². The summed E-state index contributed by atoms with van der Waals surface area (Å²) in [7, 11) is 0. The second kappa shape index (κ2) is 82.5. The SMILES string of the molecule is [C-]#C.[C-]#CC.[CH3-].[Y+3].[Y]. The molecule has 37 valence electrons. The van der Waals surface area contributed by atoms with Crippen molar-refractivity contribution in [2.24, 2.45) is 0 Å². The summed E-state index contributed by atoms with van der Waals surface area (Å²) < 4.78 is 0. The molecule has 0 saturated heterocycles. The molecule has 0 N–H and O–H groups in total. The van der Waals surface area contributed by atoms with Crippen LogP contribution in [-0.2, 0) is 65.4 Å². The Hall–Kier alpha value is 1.33. The van der Waals surface area contributed by atoms with Gasteiger partial charge in [-0.3, -0.25) is 0 Å². The van der Waals surface area contributed by atoms with Gasteiger partial charge in [0.05, 0.1) is 0 Å². The topological polar surface area (TPSA) is 0 Å². The monoisotopic (exact) mass is 257 g/mol. The van der Waals surface area contributed by atoms with Crippen LogP contribution in [-0.4, -0.2) is 0 Å². The number of hydrogen-bond donors (Lipinski definition) is 0. The third-order valence-corrected chi connectivity index (χ3v) is 0. The van der Waals surface area contributed by atoms with E-state index in [1.165, 1.54) is 0 Å². The van der Waals surface area contributed by atoms with Crippen molar-refractivity contribution >= 4 is 0 Å². The van der Waals surface area contributed by atoms with Crippen LogP contribution in [0.2, 0.25) is 0 Å². The van der Waals surface area contributed by atoms with E-state index in [1.807, 2.05) is 5.92 Å². The maximum Gasteiger partial charge on any atom is 3.00 e. The summed E-state index contributed by atoms with van der Waals surface area (Å²) >= 11 is 0. The van der Waals surface area contributed by atoms with Gasteiger partial charge in [0.1, 0.15) is 0 Å². The average Bonchev–Trinajstić information content (AvgIpc) is 1.46. The predicted octanol–water partition coefficient (Wildman–Crippen LogP) is 1.25. The van der Waals surface area contributed by atoms with E-state index < -0.39 is 0 Å². The van der Waals surface area contributed by atoms with Crippen LogP contribution in [0.25, 0.3) is 0 Å². The van der Waals surface area contributed by atoms with Crippen LogP contribution in [0.4, 0.5) is 0 Å². The summed E-state index contributed by atoms with van der Waals surface area (Å²) in [5, 5.41) is 0. The first kappa shape index (κ1) is 34.5. The van der Waals surface area contributed by atoms with E-state index in [1.54, 1.807) is 6.92 Å². The Bertz CT molecular complexity index is 49.3. The molecule has 0 unspecified atom stereocenters. The van der Waals surface area contributed by atoms with Gasteiger partial charge in [0.2, 0.25) is 0 Å². The first-order valence-electron chi connectivity index (χ1n) is 1.04. The molecular formula is C6H7Y2. The third-order valence-electron chi connectivity index (χ3n) is 0. The van der Waals surface area contributed by atoms with Gasteiger partial charge in [0.15, 0.2) is 0 Å². The van der Waals surface area contributed by atoms with E-state index >= 15 is 0 Å². The van der Waals surface area contributed by atoms with E-state index in [4.69, 9.17) is 12.8 Å².